The van der Waals surface area contributed by atoms with Crippen molar-refractivity contribution in [3.8, 4) is 5.75 Å². The number of ether oxygens (including phenoxy) is 2. The van der Waals surface area contributed by atoms with Gasteiger partial charge in [0.25, 0.3) is 0 Å². The minimum atomic E-state index is -0.479. The summed E-state index contributed by atoms with van der Waals surface area (Å²) < 4.78 is 11.4. The largest absolute Gasteiger partial charge is 0.496 e. The van der Waals surface area contributed by atoms with Crippen LogP contribution in [0.5, 0.6) is 5.75 Å². The Morgan fingerprint density at radius 3 is 2.44 bits per heavy atom. The number of carbonyl (C=O) groups is 2. The molecule has 1 aliphatic heterocycles. The summed E-state index contributed by atoms with van der Waals surface area (Å²) in [4.78, 5) is 26.5. The molecule has 0 aromatic heterocycles. The Balaban J connectivity index is 1.86. The van der Waals surface area contributed by atoms with Gasteiger partial charge in [-0.3, -0.25) is 4.79 Å². The fourth-order valence-corrected chi connectivity index (χ4v) is 3.50. The monoisotopic (exact) mass is 440 g/mol. The molecule has 27 heavy (non-hydrogen) atoms. The predicted octanol–water partition coefficient (Wildman–Crippen LogP) is 4.65. The van der Waals surface area contributed by atoms with E-state index in [0.717, 1.165) is 19.3 Å². The van der Waals surface area contributed by atoms with Crippen LogP contribution in [0.25, 0.3) is 0 Å². The summed E-state index contributed by atoms with van der Waals surface area (Å²) in [7, 11) is 1.53. The first-order valence-corrected chi connectivity index (χ1v) is 10.0. The molecule has 0 spiro atoms. The molecular formula is C20H29BrN2O4. The third kappa shape index (κ3) is 6.13. The molecule has 1 aliphatic rings. The number of hydrogen-bond acceptors (Lipinski definition) is 5. The normalized spacial score (nSPS) is 15.5. The second-order valence-electron chi connectivity index (χ2n) is 7.95. The second-order valence-corrected chi connectivity index (χ2v) is 8.80. The molecule has 0 saturated carbocycles. The zero-order valence-electron chi connectivity index (χ0n) is 16.5. The molecule has 6 nitrogen and oxygen atoms in total. The van der Waals surface area contributed by atoms with Crippen LogP contribution in [0.1, 0.15) is 56.8 Å². The number of amides is 1. The van der Waals surface area contributed by atoms with Crippen LogP contribution in [0.3, 0.4) is 0 Å². The molecule has 1 heterocycles. The van der Waals surface area contributed by atoms with Crippen LogP contribution < -0.4 is 10.5 Å². The van der Waals surface area contributed by atoms with Gasteiger partial charge in [-0.2, -0.15) is 0 Å². The molecule has 1 amide bonds. The van der Waals surface area contributed by atoms with Crippen molar-refractivity contribution in [1.82, 2.24) is 4.90 Å². The van der Waals surface area contributed by atoms with Gasteiger partial charge in [0, 0.05) is 35.7 Å². The number of methoxy groups -OCH3 is 1. The highest BCUT2D eigenvalue weighted by atomic mass is 79.9. The van der Waals surface area contributed by atoms with Crippen LogP contribution in [0, 0.1) is 5.92 Å². The maximum Gasteiger partial charge on any atom is 0.410 e. The van der Waals surface area contributed by atoms with Gasteiger partial charge in [0.15, 0.2) is 5.78 Å². The number of anilines is 1. The number of halogens is 1. The van der Waals surface area contributed by atoms with Crippen LogP contribution in [0.2, 0.25) is 0 Å². The number of piperidine rings is 1. The SMILES string of the molecule is COc1cc(N)c(Br)cc1C(=O)CCC1CCN(C(=O)OC(C)(C)C)CC1. The van der Waals surface area contributed by atoms with Gasteiger partial charge in [-0.05, 0) is 67.9 Å². The minimum Gasteiger partial charge on any atom is -0.496 e. The van der Waals surface area contributed by atoms with Crippen LogP contribution in [0.4, 0.5) is 10.5 Å². The number of Topliss-reactive ketones (excluding diaryl/α,β-unsaturated/α-hetero) is 1. The number of nitrogens with two attached hydrogens (primary N) is 1. The first-order chi connectivity index (χ1) is 12.6. The summed E-state index contributed by atoms with van der Waals surface area (Å²) in [5.74, 6) is 0.971. The smallest absolute Gasteiger partial charge is 0.410 e. The molecule has 1 aromatic carbocycles. The number of likely N-dealkylation sites (tertiary alicyclic amines) is 1. The Labute approximate surface area is 169 Å². The van der Waals surface area contributed by atoms with E-state index in [0.29, 0.717) is 46.9 Å². The van der Waals surface area contributed by atoms with E-state index in [1.807, 2.05) is 20.8 Å². The zero-order valence-corrected chi connectivity index (χ0v) is 18.1. The number of carbonyl (C=O) groups excluding carboxylic acids is 2. The lowest BCUT2D eigenvalue weighted by molar-refractivity contribution is 0.0180. The molecule has 0 atom stereocenters. The molecule has 1 fully saturated rings. The Bertz CT molecular complexity index is 692. The fraction of sp³-hybridized carbons (Fsp3) is 0.600. The summed E-state index contributed by atoms with van der Waals surface area (Å²) in [6, 6.07) is 3.39. The number of rotatable bonds is 5. The summed E-state index contributed by atoms with van der Waals surface area (Å²) in [6.45, 7) is 6.95. The van der Waals surface area contributed by atoms with Crippen molar-refractivity contribution in [2.24, 2.45) is 5.92 Å². The van der Waals surface area contributed by atoms with E-state index < -0.39 is 5.60 Å². The van der Waals surface area contributed by atoms with E-state index in [9.17, 15) is 9.59 Å². The summed E-state index contributed by atoms with van der Waals surface area (Å²) in [6.07, 6.45) is 2.76. The molecule has 2 rings (SSSR count). The Hall–Kier alpha value is -1.76. The molecule has 0 bridgehead atoms. The maximum absolute atomic E-state index is 12.6. The van der Waals surface area contributed by atoms with Gasteiger partial charge in [0.05, 0.1) is 12.7 Å². The fourth-order valence-electron chi connectivity index (χ4n) is 3.16. The van der Waals surface area contributed by atoms with E-state index in [4.69, 9.17) is 15.2 Å². The Kier molecular flexibility index (Phi) is 7.14. The lowest BCUT2D eigenvalue weighted by Gasteiger charge is -2.33. The van der Waals surface area contributed by atoms with Crippen LogP contribution in [-0.4, -0.2) is 42.6 Å². The van der Waals surface area contributed by atoms with E-state index in [2.05, 4.69) is 15.9 Å². The number of ketones is 1. The first kappa shape index (κ1) is 21.5. The standard InChI is InChI=1S/C20H29BrN2O4/c1-20(2,3)27-19(25)23-9-7-13(8-10-23)5-6-17(24)14-11-15(21)16(22)12-18(14)26-4/h11-13H,5-10,22H2,1-4H3. The van der Waals surface area contributed by atoms with Crippen LogP contribution in [0.15, 0.2) is 16.6 Å². The Morgan fingerprint density at radius 2 is 1.89 bits per heavy atom. The van der Waals surface area contributed by atoms with Crippen molar-refractivity contribution in [3.63, 3.8) is 0 Å². The molecule has 1 saturated heterocycles. The van der Waals surface area contributed by atoms with Crippen molar-refractivity contribution in [3.05, 3.63) is 22.2 Å². The summed E-state index contributed by atoms with van der Waals surface area (Å²) in [5, 5.41) is 0. The Morgan fingerprint density at radius 1 is 1.26 bits per heavy atom. The summed E-state index contributed by atoms with van der Waals surface area (Å²) in [5.41, 5.74) is 6.46. The zero-order chi connectivity index (χ0) is 20.2. The van der Waals surface area contributed by atoms with Gasteiger partial charge in [-0.1, -0.05) is 0 Å². The molecule has 0 aliphatic carbocycles. The average Bonchev–Trinajstić information content (AvgIpc) is 2.60. The van der Waals surface area contributed by atoms with Gasteiger partial charge in [0.2, 0.25) is 0 Å². The molecule has 7 heteroatoms. The number of benzene rings is 1. The highest BCUT2D eigenvalue weighted by molar-refractivity contribution is 9.10. The van der Waals surface area contributed by atoms with Gasteiger partial charge in [-0.15, -0.1) is 0 Å². The van der Waals surface area contributed by atoms with E-state index in [1.54, 1.807) is 17.0 Å². The molecule has 0 unspecified atom stereocenters. The van der Waals surface area contributed by atoms with E-state index in [-0.39, 0.29) is 11.9 Å². The lowest BCUT2D eigenvalue weighted by Crippen LogP contribution is -2.41. The molecule has 0 radical (unpaired) electrons. The van der Waals surface area contributed by atoms with Crippen molar-refractivity contribution < 1.29 is 19.1 Å². The molecule has 1 aromatic rings. The third-order valence-electron chi connectivity index (χ3n) is 4.67. The number of nitrogen functional groups attached to an aromatic ring is 1. The van der Waals surface area contributed by atoms with Gasteiger partial charge < -0.3 is 20.1 Å². The third-order valence-corrected chi connectivity index (χ3v) is 5.35. The molecule has 150 valence electrons. The van der Waals surface area contributed by atoms with E-state index >= 15 is 0 Å². The van der Waals surface area contributed by atoms with Crippen LogP contribution in [-0.2, 0) is 4.74 Å². The first-order valence-electron chi connectivity index (χ1n) is 9.25. The number of nitrogens with zero attached hydrogens (tertiary/aromatic N) is 1. The van der Waals surface area contributed by atoms with Crippen molar-refractivity contribution in [1.29, 1.82) is 0 Å². The highest BCUT2D eigenvalue weighted by Gasteiger charge is 2.27. The highest BCUT2D eigenvalue weighted by Crippen LogP contribution is 2.31. The average molecular weight is 441 g/mol. The minimum absolute atomic E-state index is 0.0436. The predicted molar refractivity (Wildman–Crippen MR) is 109 cm³/mol. The second kappa shape index (κ2) is 8.95. The lowest BCUT2D eigenvalue weighted by atomic mass is 9.90. The van der Waals surface area contributed by atoms with Gasteiger partial charge >= 0.3 is 6.09 Å². The molecule has 2 N–H and O–H groups in total. The van der Waals surface area contributed by atoms with Gasteiger partial charge in [-0.25, -0.2) is 4.79 Å². The van der Waals surface area contributed by atoms with Crippen molar-refractivity contribution >= 4 is 33.5 Å². The number of hydrogen-bond donors (Lipinski definition) is 1. The van der Waals surface area contributed by atoms with Crippen molar-refractivity contribution in [2.75, 3.05) is 25.9 Å². The van der Waals surface area contributed by atoms with Crippen molar-refractivity contribution in [2.45, 2.75) is 52.1 Å². The van der Waals surface area contributed by atoms with E-state index in [1.165, 1.54) is 7.11 Å². The van der Waals surface area contributed by atoms with Crippen LogP contribution >= 0.6 is 15.9 Å². The topological polar surface area (TPSA) is 81.9 Å². The summed E-state index contributed by atoms with van der Waals surface area (Å²) >= 11 is 3.36. The quantitative estimate of drug-likeness (QED) is 0.532. The molecular weight excluding hydrogens is 412 g/mol. The maximum atomic E-state index is 12.6. The van der Waals surface area contributed by atoms with Gasteiger partial charge in [0.1, 0.15) is 11.4 Å².